The number of alkyl halides is 3. The van der Waals surface area contributed by atoms with E-state index in [4.69, 9.17) is 4.74 Å². The van der Waals surface area contributed by atoms with Gasteiger partial charge in [0, 0.05) is 11.3 Å². The highest BCUT2D eigenvalue weighted by Crippen LogP contribution is 2.50. The molecule has 0 radical (unpaired) electrons. The molecule has 0 aromatic heterocycles. The zero-order valence-corrected chi connectivity index (χ0v) is 20.1. The van der Waals surface area contributed by atoms with Crippen LogP contribution in [0, 0.1) is 11.8 Å². The third-order valence-corrected chi connectivity index (χ3v) is 7.49. The van der Waals surface area contributed by atoms with E-state index in [0.29, 0.717) is 17.0 Å². The third kappa shape index (κ3) is 3.53. The molecule has 4 unspecified atom stereocenters. The number of benzene rings is 3. The van der Waals surface area contributed by atoms with Gasteiger partial charge in [-0.2, -0.15) is 13.2 Å². The molecule has 3 aromatic rings. The van der Waals surface area contributed by atoms with Gasteiger partial charge in [-0.1, -0.05) is 36.4 Å². The van der Waals surface area contributed by atoms with Gasteiger partial charge >= 0.3 is 6.18 Å². The standard InChI is InChI=1S/C29H21F3N2O4/c1-38-20-12-9-17(10-13-20)26(35)25-24-23(22-14-11-16-5-2-3-8-21(16)34(22)25)27(36)33(28(24)37)19-7-4-6-18(15-19)29(30,31)32/h2-15,22-25H,1H3. The smallest absolute Gasteiger partial charge is 0.416 e. The predicted octanol–water partition coefficient (Wildman–Crippen LogP) is 4.99. The van der Waals surface area contributed by atoms with Crippen molar-refractivity contribution < 1.29 is 32.3 Å². The number of ketones is 1. The van der Waals surface area contributed by atoms with Gasteiger partial charge in [-0.15, -0.1) is 0 Å². The summed E-state index contributed by atoms with van der Waals surface area (Å²) in [7, 11) is 1.51. The molecule has 3 aliphatic rings. The summed E-state index contributed by atoms with van der Waals surface area (Å²) in [5.41, 5.74) is 0.761. The van der Waals surface area contributed by atoms with Gasteiger partial charge in [-0.05, 0) is 54.1 Å². The first kappa shape index (κ1) is 24.0. The van der Waals surface area contributed by atoms with Gasteiger partial charge in [0.1, 0.15) is 11.8 Å². The maximum Gasteiger partial charge on any atom is 0.416 e. The Morgan fingerprint density at radius 2 is 1.61 bits per heavy atom. The van der Waals surface area contributed by atoms with Crippen LogP contribution in [-0.2, 0) is 15.8 Å². The Balaban J connectivity index is 1.46. The number of nitrogens with zero attached hydrogens (tertiary/aromatic N) is 2. The van der Waals surface area contributed by atoms with Gasteiger partial charge in [-0.25, -0.2) is 4.90 Å². The van der Waals surface area contributed by atoms with E-state index in [0.717, 1.165) is 28.7 Å². The van der Waals surface area contributed by atoms with Gasteiger partial charge < -0.3 is 9.64 Å². The third-order valence-electron chi connectivity index (χ3n) is 7.49. The van der Waals surface area contributed by atoms with Gasteiger partial charge in [0.2, 0.25) is 11.8 Å². The van der Waals surface area contributed by atoms with E-state index in [1.807, 2.05) is 35.2 Å². The maximum absolute atomic E-state index is 14.0. The number of Topliss-reactive ketones (excluding diaryl/α,β-unsaturated/α-hetero) is 1. The molecule has 9 heteroatoms. The van der Waals surface area contributed by atoms with Crippen molar-refractivity contribution in [3.05, 3.63) is 95.6 Å². The second-order valence-corrected chi connectivity index (χ2v) is 9.46. The van der Waals surface area contributed by atoms with Gasteiger partial charge in [-0.3, -0.25) is 14.4 Å². The molecule has 3 aromatic carbocycles. The van der Waals surface area contributed by atoms with Crippen molar-refractivity contribution in [3.8, 4) is 5.75 Å². The van der Waals surface area contributed by atoms with E-state index >= 15 is 0 Å². The molecule has 0 N–H and O–H groups in total. The number of para-hydroxylation sites is 1. The summed E-state index contributed by atoms with van der Waals surface area (Å²) in [6.45, 7) is 0. The van der Waals surface area contributed by atoms with Crippen LogP contribution in [0.2, 0.25) is 0 Å². The van der Waals surface area contributed by atoms with Crippen LogP contribution in [0.1, 0.15) is 21.5 Å². The Labute approximate surface area is 215 Å². The molecule has 0 aliphatic carbocycles. The van der Waals surface area contributed by atoms with Gasteiger partial charge in [0.05, 0.1) is 36.2 Å². The van der Waals surface area contributed by atoms with Crippen molar-refractivity contribution in [1.82, 2.24) is 0 Å². The number of fused-ring (bicyclic) bond motifs is 5. The number of methoxy groups -OCH3 is 1. The van der Waals surface area contributed by atoms with E-state index in [-0.39, 0.29) is 11.5 Å². The van der Waals surface area contributed by atoms with Crippen molar-refractivity contribution in [2.75, 3.05) is 16.9 Å². The summed E-state index contributed by atoms with van der Waals surface area (Å²) in [5.74, 6) is -3.13. The normalized spacial score (nSPS) is 23.8. The predicted molar refractivity (Wildman–Crippen MR) is 134 cm³/mol. The van der Waals surface area contributed by atoms with E-state index in [2.05, 4.69) is 0 Å². The van der Waals surface area contributed by atoms with Crippen molar-refractivity contribution in [2.45, 2.75) is 18.3 Å². The highest BCUT2D eigenvalue weighted by atomic mass is 19.4. The minimum Gasteiger partial charge on any atom is -0.497 e. The molecule has 2 amide bonds. The van der Waals surface area contributed by atoms with Crippen molar-refractivity contribution >= 4 is 35.0 Å². The first-order chi connectivity index (χ1) is 18.2. The number of hydrogen-bond acceptors (Lipinski definition) is 5. The summed E-state index contributed by atoms with van der Waals surface area (Å²) >= 11 is 0. The molecule has 6 nitrogen and oxygen atoms in total. The second kappa shape index (κ2) is 8.58. The fourth-order valence-corrected chi connectivity index (χ4v) is 5.82. The van der Waals surface area contributed by atoms with Crippen molar-refractivity contribution in [2.24, 2.45) is 11.8 Å². The van der Waals surface area contributed by atoms with Crippen LogP contribution in [0.3, 0.4) is 0 Å². The molecule has 6 rings (SSSR count). The number of hydrogen-bond donors (Lipinski definition) is 0. The fourth-order valence-electron chi connectivity index (χ4n) is 5.82. The lowest BCUT2D eigenvalue weighted by Crippen LogP contribution is -2.48. The molecule has 0 bridgehead atoms. The SMILES string of the molecule is COc1ccc(C(=O)C2C3C(=O)N(c4cccc(C(F)(F)F)c4)C(=O)C3C3C=Cc4ccccc4N32)cc1. The van der Waals surface area contributed by atoms with Crippen molar-refractivity contribution in [3.63, 3.8) is 0 Å². The molecule has 2 fully saturated rings. The Morgan fingerprint density at radius 1 is 0.895 bits per heavy atom. The molecular weight excluding hydrogens is 497 g/mol. The molecule has 3 heterocycles. The number of carbonyl (C=O) groups excluding carboxylic acids is 3. The zero-order valence-electron chi connectivity index (χ0n) is 20.1. The molecule has 2 saturated heterocycles. The number of anilines is 2. The van der Waals surface area contributed by atoms with E-state index in [1.54, 1.807) is 30.3 Å². The van der Waals surface area contributed by atoms with Crippen LogP contribution in [-0.4, -0.2) is 36.8 Å². The Kier molecular flexibility index (Phi) is 5.41. The number of amides is 2. The highest BCUT2D eigenvalue weighted by molar-refractivity contribution is 6.25. The van der Waals surface area contributed by atoms with Crippen LogP contribution in [0.4, 0.5) is 24.5 Å². The monoisotopic (exact) mass is 518 g/mol. The van der Waals surface area contributed by atoms with E-state index in [1.165, 1.54) is 13.2 Å². The lowest BCUT2D eigenvalue weighted by atomic mass is 9.86. The van der Waals surface area contributed by atoms with Gasteiger partial charge in [0.25, 0.3) is 0 Å². The lowest BCUT2D eigenvalue weighted by molar-refractivity contribution is -0.137. The van der Waals surface area contributed by atoms with Crippen LogP contribution < -0.4 is 14.5 Å². The number of halogens is 3. The van der Waals surface area contributed by atoms with E-state index < -0.39 is 47.5 Å². The minimum atomic E-state index is -4.64. The van der Waals surface area contributed by atoms with Crippen LogP contribution in [0.5, 0.6) is 5.75 Å². The lowest BCUT2D eigenvalue weighted by Gasteiger charge is -2.36. The Bertz CT molecular complexity index is 1500. The van der Waals surface area contributed by atoms with Crippen LogP contribution >= 0.6 is 0 Å². The summed E-state index contributed by atoms with van der Waals surface area (Å²) in [4.78, 5) is 44.2. The summed E-state index contributed by atoms with van der Waals surface area (Å²) in [5, 5.41) is 0. The zero-order chi connectivity index (χ0) is 26.8. The van der Waals surface area contributed by atoms with Gasteiger partial charge in [0.15, 0.2) is 5.78 Å². The second-order valence-electron chi connectivity index (χ2n) is 9.46. The molecular formula is C29H21F3N2O4. The van der Waals surface area contributed by atoms with Crippen molar-refractivity contribution in [1.29, 1.82) is 0 Å². The number of ether oxygens (including phenoxy) is 1. The number of imide groups is 1. The largest absolute Gasteiger partial charge is 0.497 e. The van der Waals surface area contributed by atoms with Crippen LogP contribution in [0.15, 0.2) is 78.9 Å². The summed E-state index contributed by atoms with van der Waals surface area (Å²) < 4.78 is 45.4. The Hall–Kier alpha value is -4.40. The fraction of sp³-hybridized carbons (Fsp3) is 0.207. The van der Waals surface area contributed by atoms with Crippen LogP contribution in [0.25, 0.3) is 6.08 Å². The average molecular weight is 518 g/mol. The minimum absolute atomic E-state index is 0.161. The number of rotatable bonds is 4. The highest BCUT2D eigenvalue weighted by Gasteiger charge is 2.64. The molecule has 0 spiro atoms. The molecule has 0 saturated carbocycles. The number of carbonyl (C=O) groups is 3. The molecule has 3 aliphatic heterocycles. The summed E-state index contributed by atoms with van der Waals surface area (Å²) in [6, 6.07) is 16.3. The Morgan fingerprint density at radius 3 is 2.32 bits per heavy atom. The van der Waals surface area contributed by atoms with E-state index in [9.17, 15) is 27.6 Å². The average Bonchev–Trinajstić information content (AvgIpc) is 3.40. The molecule has 4 atom stereocenters. The first-order valence-electron chi connectivity index (χ1n) is 12.0. The molecule has 38 heavy (non-hydrogen) atoms. The quantitative estimate of drug-likeness (QED) is 0.360. The molecule has 192 valence electrons. The maximum atomic E-state index is 14.0. The summed E-state index contributed by atoms with van der Waals surface area (Å²) in [6.07, 6.45) is -1.00. The first-order valence-corrected chi connectivity index (χ1v) is 12.0. The topological polar surface area (TPSA) is 66.9 Å².